The van der Waals surface area contributed by atoms with Gasteiger partial charge in [-0.25, -0.2) is 4.98 Å². The van der Waals surface area contributed by atoms with Crippen LogP contribution in [0.3, 0.4) is 0 Å². The van der Waals surface area contributed by atoms with Crippen molar-refractivity contribution in [1.82, 2.24) is 4.98 Å². The number of nitrogens with zero attached hydrogens (tertiary/aromatic N) is 1. The smallest absolute Gasteiger partial charge is 0.311 e. The summed E-state index contributed by atoms with van der Waals surface area (Å²) >= 11 is 3.39. The van der Waals surface area contributed by atoms with Gasteiger partial charge >= 0.3 is 5.97 Å². The van der Waals surface area contributed by atoms with E-state index in [1.54, 1.807) is 42.5 Å². The van der Waals surface area contributed by atoms with Gasteiger partial charge in [0.1, 0.15) is 17.2 Å². The average molecular weight is 629 g/mol. The van der Waals surface area contributed by atoms with Crippen LogP contribution in [0.1, 0.15) is 97.0 Å². The number of hydrogen-bond donors (Lipinski definition) is 1. The maximum absolute atomic E-state index is 13.2. The molecule has 0 amide bonds. The highest BCUT2D eigenvalue weighted by Gasteiger charge is 2.41. The lowest BCUT2D eigenvalue weighted by molar-refractivity contribution is -0.134. The topological polar surface area (TPSA) is 93.6 Å². The van der Waals surface area contributed by atoms with Crippen LogP contribution >= 0.6 is 15.9 Å². The number of esters is 1. The minimum atomic E-state index is -1.05. The Morgan fingerprint density at radius 1 is 0.905 bits per heavy atom. The number of pyridine rings is 1. The number of phenols is 1. The molecule has 7 heteroatoms. The largest absolute Gasteiger partial charge is 0.507 e. The van der Waals surface area contributed by atoms with Gasteiger partial charge < -0.3 is 9.84 Å². The number of ketones is 2. The number of phenolic OH excluding ortho intramolecular Hbond substituents is 1. The van der Waals surface area contributed by atoms with Crippen LogP contribution in [0, 0.1) is 0 Å². The van der Waals surface area contributed by atoms with E-state index in [0.29, 0.717) is 39.0 Å². The van der Waals surface area contributed by atoms with E-state index >= 15 is 0 Å². The van der Waals surface area contributed by atoms with Gasteiger partial charge in [0.15, 0.2) is 17.3 Å². The van der Waals surface area contributed by atoms with Crippen molar-refractivity contribution < 1.29 is 24.2 Å². The van der Waals surface area contributed by atoms with Gasteiger partial charge in [0.05, 0.1) is 5.69 Å². The molecule has 5 rings (SSSR count). The number of halogens is 1. The number of aryl methyl sites for hydroxylation is 1. The zero-order chi connectivity index (χ0) is 30.6. The van der Waals surface area contributed by atoms with Crippen molar-refractivity contribution in [2.24, 2.45) is 0 Å². The van der Waals surface area contributed by atoms with E-state index in [9.17, 15) is 19.5 Å². The Balaban J connectivity index is 1.40. The Morgan fingerprint density at radius 3 is 2.17 bits per heavy atom. The van der Waals surface area contributed by atoms with Gasteiger partial charge in [-0.05, 0) is 52.1 Å². The molecule has 0 saturated carbocycles. The van der Waals surface area contributed by atoms with Gasteiger partial charge in [-0.1, -0.05) is 99.9 Å². The zero-order valence-electron chi connectivity index (χ0n) is 24.7. The van der Waals surface area contributed by atoms with Crippen LogP contribution < -0.4 is 4.74 Å². The molecule has 1 aliphatic carbocycles. The molecule has 1 heterocycles. The number of para-hydroxylation sites is 1. The highest BCUT2D eigenvalue weighted by atomic mass is 79.9. The minimum Gasteiger partial charge on any atom is -0.507 e. The number of hydrogen-bond acceptors (Lipinski definition) is 6. The van der Waals surface area contributed by atoms with Crippen molar-refractivity contribution in [3.8, 4) is 11.5 Å². The number of rotatable bonds is 5. The highest BCUT2D eigenvalue weighted by molar-refractivity contribution is 9.10. The molecule has 0 bridgehead atoms. The molecule has 0 saturated heterocycles. The Bertz CT molecular complexity index is 1720. The normalized spacial score (nSPS) is 15.3. The molecule has 4 aromatic rings. The SMILES string of the molecule is CC(C)(C)c1cc(CCC(=O)Oc2cccc3ccc(C4C(=O)c5cccc(Br)c5C4=O)nc23)cc(C(C)(C)C)c1O. The molecule has 0 fully saturated rings. The fraction of sp³-hybridized carbons (Fsp3) is 0.314. The van der Waals surface area contributed by atoms with Gasteiger partial charge in [-0.3, -0.25) is 14.4 Å². The van der Waals surface area contributed by atoms with Crippen molar-refractivity contribution in [3.05, 3.63) is 98.6 Å². The molecule has 3 aromatic carbocycles. The van der Waals surface area contributed by atoms with Gasteiger partial charge in [-0.2, -0.15) is 0 Å². The fourth-order valence-electron chi connectivity index (χ4n) is 5.45. The number of Topliss-reactive ketones (excluding diaryl/α,β-unsaturated/α-hetero) is 2. The summed E-state index contributed by atoms with van der Waals surface area (Å²) in [5.41, 5.74) is 3.56. The second-order valence-electron chi connectivity index (χ2n) is 12.9. The van der Waals surface area contributed by atoms with E-state index in [2.05, 4.69) is 62.5 Å². The summed E-state index contributed by atoms with van der Waals surface area (Å²) in [7, 11) is 0. The van der Waals surface area contributed by atoms with Crippen LogP contribution in [0.25, 0.3) is 10.9 Å². The lowest BCUT2D eigenvalue weighted by Gasteiger charge is -2.28. The minimum absolute atomic E-state index is 0.122. The highest BCUT2D eigenvalue weighted by Crippen LogP contribution is 2.41. The molecule has 1 aliphatic rings. The number of benzene rings is 3. The number of aromatic hydroxyl groups is 1. The van der Waals surface area contributed by atoms with Crippen molar-refractivity contribution in [2.45, 2.75) is 71.1 Å². The average Bonchev–Trinajstić information content (AvgIpc) is 3.17. The molecule has 0 aliphatic heterocycles. The monoisotopic (exact) mass is 627 g/mol. The molecule has 1 N–H and O–H groups in total. The first-order valence-corrected chi connectivity index (χ1v) is 14.8. The third-order valence-electron chi connectivity index (χ3n) is 7.68. The summed E-state index contributed by atoms with van der Waals surface area (Å²) in [5.74, 6) is -1.50. The second kappa shape index (κ2) is 10.8. The quantitative estimate of drug-likeness (QED) is 0.137. The number of carbonyl (C=O) groups is 3. The van der Waals surface area contributed by atoms with Crippen molar-refractivity contribution in [3.63, 3.8) is 0 Å². The van der Waals surface area contributed by atoms with Crippen LogP contribution in [0.2, 0.25) is 0 Å². The summed E-state index contributed by atoms with van der Waals surface area (Å²) in [6.07, 6.45) is 0.559. The lowest BCUT2D eigenvalue weighted by Crippen LogP contribution is -2.18. The van der Waals surface area contributed by atoms with Gasteiger partial charge in [0.2, 0.25) is 0 Å². The number of fused-ring (bicyclic) bond motifs is 2. The Morgan fingerprint density at radius 2 is 1.55 bits per heavy atom. The first-order chi connectivity index (χ1) is 19.7. The summed E-state index contributed by atoms with van der Waals surface area (Å²) < 4.78 is 6.37. The van der Waals surface area contributed by atoms with Crippen LogP contribution in [0.15, 0.2) is 65.1 Å². The van der Waals surface area contributed by atoms with Crippen molar-refractivity contribution in [2.75, 3.05) is 0 Å². The molecule has 216 valence electrons. The van der Waals surface area contributed by atoms with E-state index in [0.717, 1.165) is 22.1 Å². The maximum Gasteiger partial charge on any atom is 0.311 e. The zero-order valence-corrected chi connectivity index (χ0v) is 26.3. The summed E-state index contributed by atoms with van der Waals surface area (Å²) in [6, 6.07) is 17.8. The molecule has 6 nitrogen and oxygen atoms in total. The van der Waals surface area contributed by atoms with E-state index in [-0.39, 0.29) is 34.6 Å². The summed E-state index contributed by atoms with van der Waals surface area (Å²) in [4.78, 5) is 44.2. The van der Waals surface area contributed by atoms with Crippen LogP contribution in [-0.4, -0.2) is 27.6 Å². The van der Waals surface area contributed by atoms with E-state index < -0.39 is 11.9 Å². The van der Waals surface area contributed by atoms with Gasteiger partial charge in [0, 0.05) is 27.4 Å². The van der Waals surface area contributed by atoms with E-state index in [1.165, 1.54) is 0 Å². The van der Waals surface area contributed by atoms with Crippen molar-refractivity contribution in [1.29, 1.82) is 0 Å². The fourth-order valence-corrected chi connectivity index (χ4v) is 6.01. The Hall–Kier alpha value is -3.84. The summed E-state index contributed by atoms with van der Waals surface area (Å²) in [5, 5.41) is 11.7. The third kappa shape index (κ3) is 5.50. The Kier molecular flexibility index (Phi) is 7.60. The van der Waals surface area contributed by atoms with E-state index in [1.807, 2.05) is 18.2 Å². The summed E-state index contributed by atoms with van der Waals surface area (Å²) in [6.45, 7) is 12.3. The van der Waals surface area contributed by atoms with Gasteiger partial charge in [-0.15, -0.1) is 0 Å². The molecular formula is C35H34BrNO5. The standard InChI is InChI=1S/C35H34BrNO5/c1-34(2,3)22-17-19(18-23(32(22)40)35(4,5)6)13-16-27(38)42-26-12-7-9-20-14-15-25(37-30(20)26)29-31(39)21-10-8-11-24(36)28(21)33(29)41/h7-12,14-15,17-18,29,40H,13,16H2,1-6H3. The first kappa shape index (κ1) is 29.6. The maximum atomic E-state index is 13.2. The molecule has 1 atom stereocenters. The van der Waals surface area contributed by atoms with Crippen LogP contribution in [0.5, 0.6) is 11.5 Å². The predicted octanol–water partition coefficient (Wildman–Crippen LogP) is 8.00. The number of carbonyl (C=O) groups excluding carboxylic acids is 3. The van der Waals surface area contributed by atoms with Crippen LogP contribution in [0.4, 0.5) is 0 Å². The van der Waals surface area contributed by atoms with E-state index in [4.69, 9.17) is 4.74 Å². The van der Waals surface area contributed by atoms with Crippen molar-refractivity contribution >= 4 is 44.4 Å². The molecule has 42 heavy (non-hydrogen) atoms. The molecular weight excluding hydrogens is 594 g/mol. The number of aromatic nitrogens is 1. The Labute approximate surface area is 254 Å². The molecule has 0 spiro atoms. The number of ether oxygens (including phenoxy) is 1. The lowest BCUT2D eigenvalue weighted by atomic mass is 9.78. The first-order valence-electron chi connectivity index (χ1n) is 14.0. The predicted molar refractivity (Wildman–Crippen MR) is 167 cm³/mol. The second-order valence-corrected chi connectivity index (χ2v) is 13.8. The third-order valence-corrected chi connectivity index (χ3v) is 8.34. The molecule has 1 aromatic heterocycles. The molecule has 0 radical (unpaired) electrons. The molecule has 1 unspecified atom stereocenters. The van der Waals surface area contributed by atoms with Gasteiger partial charge in [0.25, 0.3) is 0 Å². The van der Waals surface area contributed by atoms with Crippen LogP contribution in [-0.2, 0) is 22.0 Å².